The van der Waals surface area contributed by atoms with E-state index in [1.165, 1.54) is 6.21 Å². The molecule has 2 aromatic rings. The molecule has 0 aliphatic rings. The second kappa shape index (κ2) is 6.74. The molecule has 1 aromatic carbocycles. The number of halogens is 2. The molecule has 21 heavy (non-hydrogen) atoms. The maximum Gasteiger partial charge on any atom is 0.261 e. The van der Waals surface area contributed by atoms with Crippen LogP contribution in [0.3, 0.4) is 0 Å². The van der Waals surface area contributed by atoms with Crippen LogP contribution in [0.2, 0.25) is 10.0 Å². The molecule has 1 N–H and O–H groups in total. The summed E-state index contributed by atoms with van der Waals surface area (Å²) in [5.41, 5.74) is 4.91. The van der Waals surface area contributed by atoms with Crippen molar-refractivity contribution in [3.05, 3.63) is 51.3 Å². The van der Waals surface area contributed by atoms with Crippen LogP contribution in [0, 0.1) is 13.8 Å². The van der Waals surface area contributed by atoms with Gasteiger partial charge < -0.3 is 0 Å². The first-order chi connectivity index (χ1) is 9.95. The first kappa shape index (κ1) is 15.5. The van der Waals surface area contributed by atoms with Gasteiger partial charge in [0.2, 0.25) is 0 Å². The number of benzene rings is 1. The number of hydrazone groups is 1. The van der Waals surface area contributed by atoms with Crippen LogP contribution < -0.4 is 5.43 Å². The second-order valence-corrected chi connectivity index (χ2v) is 5.39. The molecule has 2 rings (SSSR count). The van der Waals surface area contributed by atoms with E-state index in [0.717, 1.165) is 11.4 Å². The number of carbonyl (C=O) groups is 1. The lowest BCUT2D eigenvalue weighted by molar-refractivity contribution is -0.121. The van der Waals surface area contributed by atoms with Crippen LogP contribution in [0.4, 0.5) is 0 Å². The van der Waals surface area contributed by atoms with E-state index in [4.69, 9.17) is 23.2 Å². The maximum atomic E-state index is 11.8. The van der Waals surface area contributed by atoms with E-state index < -0.39 is 0 Å². The van der Waals surface area contributed by atoms with E-state index in [1.807, 2.05) is 19.9 Å². The molecule has 1 heterocycles. The molecule has 0 saturated heterocycles. The van der Waals surface area contributed by atoms with Crippen LogP contribution in [-0.4, -0.2) is 21.9 Å². The quantitative estimate of drug-likeness (QED) is 0.694. The Labute approximate surface area is 132 Å². The van der Waals surface area contributed by atoms with Gasteiger partial charge >= 0.3 is 0 Å². The summed E-state index contributed by atoms with van der Waals surface area (Å²) in [5, 5.41) is 9.10. The van der Waals surface area contributed by atoms with Gasteiger partial charge in [0.05, 0.1) is 16.9 Å². The molecule has 0 spiro atoms. The zero-order chi connectivity index (χ0) is 15.4. The highest BCUT2D eigenvalue weighted by Crippen LogP contribution is 2.19. The number of carbonyl (C=O) groups excluding carboxylic acids is 1. The molecule has 1 amide bonds. The molecule has 0 unspecified atom stereocenters. The first-order valence-corrected chi connectivity index (χ1v) is 6.99. The fourth-order valence-electron chi connectivity index (χ4n) is 1.79. The first-order valence-electron chi connectivity index (χ1n) is 6.23. The fourth-order valence-corrected chi connectivity index (χ4v) is 2.24. The molecule has 7 heteroatoms. The summed E-state index contributed by atoms with van der Waals surface area (Å²) < 4.78 is 1.62. The molecular formula is C14H14Cl2N4O. The van der Waals surface area contributed by atoms with Gasteiger partial charge in [-0.2, -0.15) is 10.2 Å². The Hall–Kier alpha value is -1.85. The van der Waals surface area contributed by atoms with Crippen LogP contribution in [0.15, 0.2) is 29.4 Å². The number of nitrogens with one attached hydrogen (secondary N) is 1. The van der Waals surface area contributed by atoms with E-state index in [-0.39, 0.29) is 12.5 Å². The van der Waals surface area contributed by atoms with Gasteiger partial charge in [-0.1, -0.05) is 29.3 Å². The zero-order valence-electron chi connectivity index (χ0n) is 11.6. The number of nitrogens with zero attached hydrogens (tertiary/aromatic N) is 3. The molecule has 0 aliphatic heterocycles. The fraction of sp³-hybridized carbons (Fsp3) is 0.214. The summed E-state index contributed by atoms with van der Waals surface area (Å²) in [4.78, 5) is 11.8. The van der Waals surface area contributed by atoms with Crippen molar-refractivity contribution in [1.82, 2.24) is 15.2 Å². The average molecular weight is 325 g/mol. The van der Waals surface area contributed by atoms with E-state index in [0.29, 0.717) is 15.6 Å². The van der Waals surface area contributed by atoms with Gasteiger partial charge in [0.15, 0.2) is 0 Å². The summed E-state index contributed by atoms with van der Waals surface area (Å²) in [6.45, 7) is 3.89. The normalized spacial score (nSPS) is 11.0. The van der Waals surface area contributed by atoms with Gasteiger partial charge in [-0.15, -0.1) is 0 Å². The summed E-state index contributed by atoms with van der Waals surface area (Å²) >= 11 is 11.8. The minimum absolute atomic E-state index is 0.116. The Morgan fingerprint density at radius 3 is 2.76 bits per heavy atom. The molecular weight excluding hydrogens is 311 g/mol. The van der Waals surface area contributed by atoms with Crippen molar-refractivity contribution in [2.24, 2.45) is 5.10 Å². The van der Waals surface area contributed by atoms with Crippen molar-refractivity contribution in [3.8, 4) is 0 Å². The molecule has 110 valence electrons. The van der Waals surface area contributed by atoms with E-state index >= 15 is 0 Å². The lowest BCUT2D eigenvalue weighted by Gasteiger charge is -2.03. The summed E-state index contributed by atoms with van der Waals surface area (Å²) in [6, 6.07) is 6.94. The van der Waals surface area contributed by atoms with Gasteiger partial charge in [-0.3, -0.25) is 9.48 Å². The molecule has 0 atom stereocenters. The predicted molar refractivity (Wildman–Crippen MR) is 83.9 cm³/mol. The van der Waals surface area contributed by atoms with Gasteiger partial charge in [0.25, 0.3) is 5.91 Å². The minimum atomic E-state index is -0.262. The maximum absolute atomic E-state index is 11.8. The van der Waals surface area contributed by atoms with Gasteiger partial charge in [-0.05, 0) is 32.0 Å². The number of hydrogen-bond donors (Lipinski definition) is 1. The third-order valence-electron chi connectivity index (χ3n) is 2.75. The average Bonchev–Trinajstić information content (AvgIpc) is 2.70. The Bertz CT molecular complexity index is 694. The molecule has 0 saturated carbocycles. The number of aryl methyl sites for hydroxylation is 2. The van der Waals surface area contributed by atoms with Crippen LogP contribution in [0.25, 0.3) is 0 Å². The van der Waals surface area contributed by atoms with E-state index in [1.54, 1.807) is 22.9 Å². The standard InChI is InChI=1S/C14H14Cl2N4O/c1-9-5-10(2)20(19-9)8-14(21)18-17-7-11-3-4-12(15)6-13(11)16/h3-7H,8H2,1-2H3,(H,18,21). The Kier molecular flexibility index (Phi) is 4.98. The molecule has 1 aromatic heterocycles. The molecule has 0 radical (unpaired) electrons. The van der Waals surface area contributed by atoms with Gasteiger partial charge in [0, 0.05) is 16.3 Å². The molecule has 0 aliphatic carbocycles. The largest absolute Gasteiger partial charge is 0.271 e. The highest BCUT2D eigenvalue weighted by atomic mass is 35.5. The predicted octanol–water partition coefficient (Wildman–Crippen LogP) is 2.96. The van der Waals surface area contributed by atoms with Crippen LogP contribution in [-0.2, 0) is 11.3 Å². The lowest BCUT2D eigenvalue weighted by Crippen LogP contribution is -2.24. The molecule has 5 nitrogen and oxygen atoms in total. The van der Waals surface area contributed by atoms with Crippen molar-refractivity contribution >= 4 is 35.3 Å². The topological polar surface area (TPSA) is 59.3 Å². The van der Waals surface area contributed by atoms with Gasteiger partial charge in [0.1, 0.15) is 6.54 Å². The van der Waals surface area contributed by atoms with Crippen LogP contribution >= 0.6 is 23.2 Å². The minimum Gasteiger partial charge on any atom is -0.271 e. The monoisotopic (exact) mass is 324 g/mol. The second-order valence-electron chi connectivity index (χ2n) is 4.54. The summed E-state index contributed by atoms with van der Waals surface area (Å²) in [6.07, 6.45) is 1.47. The van der Waals surface area contributed by atoms with Crippen LogP contribution in [0.1, 0.15) is 17.0 Å². The number of rotatable bonds is 4. The summed E-state index contributed by atoms with van der Waals surface area (Å²) in [7, 11) is 0. The van der Waals surface area contributed by atoms with E-state index in [9.17, 15) is 4.79 Å². The van der Waals surface area contributed by atoms with Crippen molar-refractivity contribution in [2.45, 2.75) is 20.4 Å². The smallest absolute Gasteiger partial charge is 0.261 e. The highest BCUT2D eigenvalue weighted by molar-refractivity contribution is 6.36. The molecule has 0 fully saturated rings. The van der Waals surface area contributed by atoms with Crippen molar-refractivity contribution in [2.75, 3.05) is 0 Å². The number of amides is 1. The highest BCUT2D eigenvalue weighted by Gasteiger charge is 2.06. The van der Waals surface area contributed by atoms with E-state index in [2.05, 4.69) is 15.6 Å². The third kappa shape index (κ3) is 4.31. The Balaban J connectivity index is 1.94. The number of hydrogen-bond acceptors (Lipinski definition) is 3. The Morgan fingerprint density at radius 2 is 2.14 bits per heavy atom. The lowest BCUT2D eigenvalue weighted by atomic mass is 10.2. The van der Waals surface area contributed by atoms with Crippen molar-refractivity contribution in [3.63, 3.8) is 0 Å². The van der Waals surface area contributed by atoms with Crippen LogP contribution in [0.5, 0.6) is 0 Å². The number of aromatic nitrogens is 2. The van der Waals surface area contributed by atoms with Crippen molar-refractivity contribution in [1.29, 1.82) is 0 Å². The SMILES string of the molecule is Cc1cc(C)n(CC(=O)NN=Cc2ccc(Cl)cc2Cl)n1. The van der Waals surface area contributed by atoms with Crippen molar-refractivity contribution < 1.29 is 4.79 Å². The summed E-state index contributed by atoms with van der Waals surface area (Å²) in [5.74, 6) is -0.262. The molecule has 0 bridgehead atoms. The zero-order valence-corrected chi connectivity index (χ0v) is 13.1. The van der Waals surface area contributed by atoms with Gasteiger partial charge in [-0.25, -0.2) is 5.43 Å². The third-order valence-corrected chi connectivity index (χ3v) is 3.31. The Morgan fingerprint density at radius 1 is 1.38 bits per heavy atom.